The fraction of sp³-hybridized carbons (Fsp3) is 0.364. The van der Waals surface area contributed by atoms with Crippen molar-refractivity contribution >= 4 is 16.9 Å². The molecular weight excluding hydrogens is 322 g/mol. The van der Waals surface area contributed by atoms with Gasteiger partial charge in [-0.25, -0.2) is 4.98 Å². The molecule has 1 amide bonds. The minimum atomic E-state index is 0.0242. The van der Waals surface area contributed by atoms with Crippen LogP contribution in [0.3, 0.4) is 0 Å². The summed E-state index contributed by atoms with van der Waals surface area (Å²) in [6.45, 7) is 0.758. The second-order valence-electron chi connectivity index (χ2n) is 7.21. The van der Waals surface area contributed by atoms with Gasteiger partial charge in [0, 0.05) is 20.0 Å². The number of aromatic nitrogens is 2. The van der Waals surface area contributed by atoms with Gasteiger partial charge in [-0.1, -0.05) is 36.4 Å². The minimum Gasteiger partial charge on any atom is -0.345 e. The highest BCUT2D eigenvalue weighted by molar-refractivity contribution is 5.84. The number of nitrogens with one attached hydrogen (secondary N) is 1. The smallest absolute Gasteiger partial charge is 0.229 e. The number of para-hydroxylation sites is 2. The van der Waals surface area contributed by atoms with Crippen LogP contribution in [-0.2, 0) is 17.6 Å². The number of hydrogen-bond acceptors (Lipinski definition) is 2. The van der Waals surface area contributed by atoms with Crippen LogP contribution in [0.1, 0.15) is 42.1 Å². The van der Waals surface area contributed by atoms with Crippen LogP contribution in [0.5, 0.6) is 0 Å². The standard InChI is InChI=1S/C22H25N3O/c1-25(15-7-14-21-23-19-12-4-5-13-20(19)24-21)22(26)18-11-6-9-16-8-2-3-10-17(16)18/h2-5,8,10,12-13,18H,6-7,9,11,14-15H2,1H3,(H,23,24)/t18-/m0/s1. The molecule has 1 N–H and O–H groups in total. The molecular formula is C22H25N3O. The number of likely N-dealkylation sites (N-methyl/N-ethyl adjacent to an activating group) is 1. The fourth-order valence-corrected chi connectivity index (χ4v) is 3.99. The van der Waals surface area contributed by atoms with Crippen LogP contribution in [0.4, 0.5) is 0 Å². The largest absolute Gasteiger partial charge is 0.345 e. The van der Waals surface area contributed by atoms with Gasteiger partial charge in [-0.2, -0.15) is 0 Å². The highest BCUT2D eigenvalue weighted by Gasteiger charge is 2.28. The zero-order valence-corrected chi connectivity index (χ0v) is 15.2. The first kappa shape index (κ1) is 16.8. The van der Waals surface area contributed by atoms with Crippen LogP contribution in [0, 0.1) is 0 Å². The molecule has 4 rings (SSSR count). The zero-order chi connectivity index (χ0) is 17.9. The number of benzene rings is 2. The summed E-state index contributed by atoms with van der Waals surface area (Å²) in [7, 11) is 1.93. The third-order valence-corrected chi connectivity index (χ3v) is 5.39. The number of fused-ring (bicyclic) bond motifs is 2. The molecule has 1 heterocycles. The van der Waals surface area contributed by atoms with E-state index in [-0.39, 0.29) is 11.8 Å². The van der Waals surface area contributed by atoms with Crippen molar-refractivity contribution in [2.75, 3.05) is 13.6 Å². The summed E-state index contributed by atoms with van der Waals surface area (Å²) < 4.78 is 0. The van der Waals surface area contributed by atoms with E-state index in [4.69, 9.17) is 0 Å². The molecule has 1 atom stereocenters. The molecule has 0 saturated carbocycles. The molecule has 0 fully saturated rings. The first-order valence-corrected chi connectivity index (χ1v) is 9.49. The van der Waals surface area contributed by atoms with Crippen molar-refractivity contribution in [3.05, 3.63) is 65.5 Å². The lowest BCUT2D eigenvalue weighted by molar-refractivity contribution is -0.131. The average molecular weight is 347 g/mol. The minimum absolute atomic E-state index is 0.0242. The number of carbonyl (C=O) groups excluding carboxylic acids is 1. The SMILES string of the molecule is CN(CCCc1nc2ccccc2[nH]1)C(=O)[C@H]1CCCc2ccccc21. The molecule has 0 radical (unpaired) electrons. The normalized spacial score (nSPS) is 16.4. The first-order valence-electron chi connectivity index (χ1n) is 9.49. The summed E-state index contributed by atoms with van der Waals surface area (Å²) >= 11 is 0. The van der Waals surface area contributed by atoms with Crippen molar-refractivity contribution in [1.29, 1.82) is 0 Å². The van der Waals surface area contributed by atoms with Crippen molar-refractivity contribution in [1.82, 2.24) is 14.9 Å². The fourth-order valence-electron chi connectivity index (χ4n) is 3.99. The molecule has 4 heteroatoms. The van der Waals surface area contributed by atoms with Gasteiger partial charge < -0.3 is 9.88 Å². The summed E-state index contributed by atoms with van der Waals surface area (Å²) in [5.41, 5.74) is 4.65. The Bertz CT molecular complexity index is 881. The van der Waals surface area contributed by atoms with Crippen LogP contribution < -0.4 is 0 Å². The van der Waals surface area contributed by atoms with E-state index in [0.717, 1.165) is 55.5 Å². The quantitative estimate of drug-likeness (QED) is 0.756. The molecule has 3 aromatic rings. The highest BCUT2D eigenvalue weighted by Crippen LogP contribution is 2.32. The van der Waals surface area contributed by atoms with Gasteiger partial charge in [0.15, 0.2) is 0 Å². The number of H-pyrrole nitrogens is 1. The summed E-state index contributed by atoms with van der Waals surface area (Å²) in [6, 6.07) is 16.5. The van der Waals surface area contributed by atoms with Crippen LogP contribution >= 0.6 is 0 Å². The average Bonchev–Trinajstić information content (AvgIpc) is 3.09. The molecule has 1 aromatic heterocycles. The molecule has 4 nitrogen and oxygen atoms in total. The summed E-state index contributed by atoms with van der Waals surface area (Å²) in [6.07, 6.45) is 4.92. The van der Waals surface area contributed by atoms with Crippen LogP contribution in [-0.4, -0.2) is 34.4 Å². The van der Waals surface area contributed by atoms with Gasteiger partial charge in [-0.3, -0.25) is 4.79 Å². The summed E-state index contributed by atoms with van der Waals surface area (Å²) in [4.78, 5) is 22.8. The monoisotopic (exact) mass is 347 g/mol. The third-order valence-electron chi connectivity index (χ3n) is 5.39. The predicted molar refractivity (Wildman–Crippen MR) is 104 cm³/mol. The number of nitrogens with zero attached hydrogens (tertiary/aromatic N) is 2. The molecule has 0 bridgehead atoms. The first-order chi connectivity index (χ1) is 12.7. The van der Waals surface area contributed by atoms with E-state index in [1.165, 1.54) is 11.1 Å². The van der Waals surface area contributed by atoms with E-state index in [2.05, 4.69) is 28.2 Å². The molecule has 134 valence electrons. The third kappa shape index (κ3) is 3.36. The van der Waals surface area contributed by atoms with E-state index in [1.54, 1.807) is 0 Å². The maximum absolute atomic E-state index is 12.9. The molecule has 26 heavy (non-hydrogen) atoms. The Morgan fingerprint density at radius 1 is 1.19 bits per heavy atom. The Morgan fingerprint density at radius 3 is 2.88 bits per heavy atom. The van der Waals surface area contributed by atoms with Gasteiger partial charge >= 0.3 is 0 Å². The van der Waals surface area contributed by atoms with Gasteiger partial charge in [0.25, 0.3) is 0 Å². The zero-order valence-electron chi connectivity index (χ0n) is 15.2. The number of hydrogen-bond donors (Lipinski definition) is 1. The van der Waals surface area contributed by atoms with Gasteiger partial charge in [-0.05, 0) is 48.9 Å². The number of imidazole rings is 1. The number of amides is 1. The lowest BCUT2D eigenvalue weighted by Crippen LogP contribution is -2.34. The molecule has 1 aliphatic carbocycles. The molecule has 0 unspecified atom stereocenters. The van der Waals surface area contributed by atoms with E-state index in [0.29, 0.717) is 0 Å². The van der Waals surface area contributed by atoms with E-state index >= 15 is 0 Å². The second-order valence-corrected chi connectivity index (χ2v) is 7.21. The Balaban J connectivity index is 1.36. The van der Waals surface area contributed by atoms with E-state index < -0.39 is 0 Å². The molecule has 2 aromatic carbocycles. The topological polar surface area (TPSA) is 49.0 Å². The van der Waals surface area contributed by atoms with Gasteiger partial charge in [0.1, 0.15) is 5.82 Å². The second kappa shape index (κ2) is 7.32. The Labute approximate surface area is 154 Å². The van der Waals surface area contributed by atoms with Gasteiger partial charge in [-0.15, -0.1) is 0 Å². The molecule has 0 aliphatic heterocycles. The van der Waals surface area contributed by atoms with Crippen molar-refractivity contribution in [3.63, 3.8) is 0 Å². The summed E-state index contributed by atoms with van der Waals surface area (Å²) in [5, 5.41) is 0. The van der Waals surface area contributed by atoms with Crippen LogP contribution in [0.25, 0.3) is 11.0 Å². The Hall–Kier alpha value is -2.62. The maximum atomic E-state index is 12.9. The molecule has 1 aliphatic rings. The maximum Gasteiger partial charge on any atom is 0.229 e. The van der Waals surface area contributed by atoms with Gasteiger partial charge in [0.2, 0.25) is 5.91 Å². The summed E-state index contributed by atoms with van der Waals surface area (Å²) in [5.74, 6) is 1.27. The van der Waals surface area contributed by atoms with E-state index in [1.807, 2.05) is 42.3 Å². The van der Waals surface area contributed by atoms with Crippen molar-refractivity contribution < 1.29 is 4.79 Å². The van der Waals surface area contributed by atoms with Gasteiger partial charge in [0.05, 0.1) is 17.0 Å². The highest BCUT2D eigenvalue weighted by atomic mass is 16.2. The van der Waals surface area contributed by atoms with Crippen LogP contribution in [0.2, 0.25) is 0 Å². The number of aromatic amines is 1. The predicted octanol–water partition coefficient (Wildman–Crippen LogP) is 4.07. The number of rotatable bonds is 5. The van der Waals surface area contributed by atoms with Crippen molar-refractivity contribution in [3.8, 4) is 0 Å². The Kier molecular flexibility index (Phi) is 4.74. The number of aryl methyl sites for hydroxylation is 2. The lowest BCUT2D eigenvalue weighted by atomic mass is 9.82. The lowest BCUT2D eigenvalue weighted by Gasteiger charge is -2.28. The Morgan fingerprint density at radius 2 is 2.00 bits per heavy atom. The van der Waals surface area contributed by atoms with E-state index in [9.17, 15) is 4.79 Å². The molecule has 0 spiro atoms. The van der Waals surface area contributed by atoms with Crippen molar-refractivity contribution in [2.45, 2.75) is 38.0 Å². The molecule has 0 saturated heterocycles. The van der Waals surface area contributed by atoms with Crippen molar-refractivity contribution in [2.24, 2.45) is 0 Å². The number of carbonyl (C=O) groups is 1. The van der Waals surface area contributed by atoms with Crippen LogP contribution in [0.15, 0.2) is 48.5 Å².